The summed E-state index contributed by atoms with van der Waals surface area (Å²) < 4.78 is 29.7. The van der Waals surface area contributed by atoms with E-state index in [2.05, 4.69) is 5.10 Å². The number of nitrogens with zero attached hydrogens (tertiary/aromatic N) is 3. The van der Waals surface area contributed by atoms with Crippen molar-refractivity contribution < 1.29 is 13.2 Å². The Labute approximate surface area is 195 Å². The molecule has 1 atom stereocenters. The number of benzene rings is 1. The zero-order valence-corrected chi connectivity index (χ0v) is 19.9. The van der Waals surface area contributed by atoms with Crippen LogP contribution in [-0.4, -0.2) is 40.9 Å². The molecule has 0 spiro atoms. The minimum atomic E-state index is -3.72. The highest BCUT2D eigenvalue weighted by Gasteiger charge is 2.39. The SMILES string of the molecule is Cc1cc(CCC(=O)[C@@H]2CCCN2S(=O)(=O)c2ccc(Cl)s2)nn1-c1ccc(Cl)cc1. The van der Waals surface area contributed by atoms with Gasteiger partial charge in [0, 0.05) is 23.7 Å². The van der Waals surface area contributed by atoms with E-state index in [0.717, 1.165) is 28.4 Å². The predicted molar refractivity (Wildman–Crippen MR) is 123 cm³/mol. The second-order valence-electron chi connectivity index (χ2n) is 7.46. The van der Waals surface area contributed by atoms with Crippen LogP contribution in [0.4, 0.5) is 0 Å². The van der Waals surface area contributed by atoms with Crippen LogP contribution in [-0.2, 0) is 21.2 Å². The van der Waals surface area contributed by atoms with Crippen molar-refractivity contribution in [1.82, 2.24) is 14.1 Å². The van der Waals surface area contributed by atoms with Gasteiger partial charge < -0.3 is 0 Å². The Balaban J connectivity index is 1.45. The predicted octanol–water partition coefficient (Wildman–Crippen LogP) is 4.90. The molecule has 4 rings (SSSR count). The van der Waals surface area contributed by atoms with E-state index < -0.39 is 16.1 Å². The Morgan fingerprint density at radius 3 is 2.61 bits per heavy atom. The van der Waals surface area contributed by atoms with Crippen LogP contribution in [0.3, 0.4) is 0 Å². The van der Waals surface area contributed by atoms with Gasteiger partial charge in [-0.3, -0.25) is 4.79 Å². The topological polar surface area (TPSA) is 72.3 Å². The van der Waals surface area contributed by atoms with Gasteiger partial charge in [-0.15, -0.1) is 11.3 Å². The van der Waals surface area contributed by atoms with Crippen molar-refractivity contribution in [2.45, 2.75) is 42.9 Å². The maximum Gasteiger partial charge on any atom is 0.253 e. The summed E-state index contributed by atoms with van der Waals surface area (Å²) in [5.74, 6) is -0.0811. The second kappa shape index (κ2) is 9.03. The summed E-state index contributed by atoms with van der Waals surface area (Å²) >= 11 is 12.9. The lowest BCUT2D eigenvalue weighted by molar-refractivity contribution is -0.122. The number of carbonyl (C=O) groups is 1. The Morgan fingerprint density at radius 2 is 1.94 bits per heavy atom. The van der Waals surface area contributed by atoms with Gasteiger partial charge in [0.1, 0.15) is 4.21 Å². The molecular weight excluding hydrogens is 477 g/mol. The van der Waals surface area contributed by atoms with Crippen molar-refractivity contribution in [2.24, 2.45) is 0 Å². The molecule has 1 aliphatic rings. The molecule has 3 heterocycles. The van der Waals surface area contributed by atoms with E-state index in [9.17, 15) is 13.2 Å². The van der Waals surface area contributed by atoms with Crippen LogP contribution in [0.25, 0.3) is 5.69 Å². The molecule has 10 heteroatoms. The number of aromatic nitrogens is 2. The molecule has 6 nitrogen and oxygen atoms in total. The van der Waals surface area contributed by atoms with Gasteiger partial charge in [0.15, 0.2) is 5.78 Å². The fourth-order valence-electron chi connectivity index (χ4n) is 3.82. The normalized spacial score (nSPS) is 17.3. The molecule has 2 aromatic heterocycles. The van der Waals surface area contributed by atoms with E-state index in [1.54, 1.807) is 18.2 Å². The lowest BCUT2D eigenvalue weighted by Crippen LogP contribution is -2.40. The quantitative estimate of drug-likeness (QED) is 0.465. The summed E-state index contributed by atoms with van der Waals surface area (Å²) in [4.78, 5) is 12.9. The number of hydrogen-bond acceptors (Lipinski definition) is 5. The fourth-order valence-corrected chi connectivity index (χ4v) is 7.24. The number of thiophene rings is 1. The number of ketones is 1. The number of sulfonamides is 1. The van der Waals surface area contributed by atoms with Gasteiger partial charge in [-0.2, -0.15) is 9.40 Å². The van der Waals surface area contributed by atoms with Crippen LogP contribution in [0.1, 0.15) is 30.7 Å². The van der Waals surface area contributed by atoms with Crippen LogP contribution >= 0.6 is 34.5 Å². The molecule has 1 aliphatic heterocycles. The van der Waals surface area contributed by atoms with Crippen LogP contribution in [0.5, 0.6) is 0 Å². The largest absolute Gasteiger partial charge is 0.298 e. The maximum atomic E-state index is 13.0. The average molecular weight is 498 g/mol. The highest BCUT2D eigenvalue weighted by atomic mass is 35.5. The monoisotopic (exact) mass is 497 g/mol. The summed E-state index contributed by atoms with van der Waals surface area (Å²) in [7, 11) is -3.72. The Kier molecular flexibility index (Phi) is 6.55. The number of halogens is 2. The van der Waals surface area contributed by atoms with E-state index in [0.29, 0.717) is 35.2 Å². The van der Waals surface area contributed by atoms with Gasteiger partial charge in [0.25, 0.3) is 10.0 Å². The second-order valence-corrected chi connectivity index (χ2v) is 11.7. The molecular formula is C21H21Cl2N3O3S2. The third-order valence-corrected chi connectivity index (χ3v) is 9.18. The summed E-state index contributed by atoms with van der Waals surface area (Å²) in [6.45, 7) is 2.29. The van der Waals surface area contributed by atoms with Crippen molar-refractivity contribution in [1.29, 1.82) is 0 Å². The first kappa shape index (κ1) is 22.5. The van der Waals surface area contributed by atoms with Gasteiger partial charge in [-0.25, -0.2) is 13.1 Å². The van der Waals surface area contributed by atoms with E-state index in [1.165, 1.54) is 10.4 Å². The first-order chi connectivity index (χ1) is 14.8. The van der Waals surface area contributed by atoms with Crippen molar-refractivity contribution >= 4 is 50.3 Å². The molecule has 0 unspecified atom stereocenters. The van der Waals surface area contributed by atoms with Gasteiger partial charge >= 0.3 is 0 Å². The summed E-state index contributed by atoms with van der Waals surface area (Å²) in [6, 6.07) is 11.7. The van der Waals surface area contributed by atoms with Crippen LogP contribution in [0.2, 0.25) is 9.36 Å². The zero-order chi connectivity index (χ0) is 22.2. The molecule has 1 fully saturated rings. The lowest BCUT2D eigenvalue weighted by atomic mass is 10.1. The Morgan fingerprint density at radius 1 is 1.19 bits per heavy atom. The molecule has 0 amide bonds. The molecule has 0 radical (unpaired) electrons. The number of hydrogen-bond donors (Lipinski definition) is 0. The minimum Gasteiger partial charge on any atom is -0.298 e. The standard InChI is InChI=1S/C21H21Cl2N3O3S2/c1-14-13-16(24-26(14)17-7-4-15(22)5-8-17)6-9-19(27)18-3-2-12-25(18)31(28,29)21-11-10-20(23)30-21/h4-5,7-8,10-11,13,18H,2-3,6,9,12H2,1H3/t18-/m0/s1. The summed E-state index contributed by atoms with van der Waals surface area (Å²) in [6.07, 6.45) is 1.89. The molecule has 1 aromatic carbocycles. The van der Waals surface area contributed by atoms with Gasteiger partial charge in [0.2, 0.25) is 0 Å². The Hall–Kier alpha value is -1.71. The molecule has 3 aromatic rings. The molecule has 0 N–H and O–H groups in total. The molecule has 0 aliphatic carbocycles. The third kappa shape index (κ3) is 4.73. The molecule has 1 saturated heterocycles. The molecule has 164 valence electrons. The average Bonchev–Trinajstić information content (AvgIpc) is 3.47. The Bertz CT molecular complexity index is 1200. The van der Waals surface area contributed by atoms with Gasteiger partial charge in [-0.05, 0) is 68.7 Å². The van der Waals surface area contributed by atoms with E-state index in [4.69, 9.17) is 23.2 Å². The molecule has 31 heavy (non-hydrogen) atoms. The van der Waals surface area contributed by atoms with E-state index in [-0.39, 0.29) is 16.4 Å². The van der Waals surface area contributed by atoms with Crippen molar-refractivity contribution in [3.05, 3.63) is 63.2 Å². The number of rotatable bonds is 7. The zero-order valence-electron chi connectivity index (χ0n) is 16.8. The highest BCUT2D eigenvalue weighted by molar-refractivity contribution is 7.91. The summed E-state index contributed by atoms with van der Waals surface area (Å²) in [5, 5.41) is 5.26. The van der Waals surface area contributed by atoms with Crippen LogP contribution in [0, 0.1) is 6.92 Å². The van der Waals surface area contributed by atoms with Gasteiger partial charge in [-0.1, -0.05) is 23.2 Å². The summed E-state index contributed by atoms with van der Waals surface area (Å²) in [5.41, 5.74) is 2.63. The smallest absolute Gasteiger partial charge is 0.253 e. The highest BCUT2D eigenvalue weighted by Crippen LogP contribution is 2.32. The maximum absolute atomic E-state index is 13.0. The van der Waals surface area contributed by atoms with Crippen LogP contribution in [0.15, 0.2) is 46.7 Å². The fraction of sp³-hybridized carbons (Fsp3) is 0.333. The van der Waals surface area contributed by atoms with Crippen molar-refractivity contribution in [3.8, 4) is 5.69 Å². The van der Waals surface area contributed by atoms with Gasteiger partial charge in [0.05, 0.1) is 21.8 Å². The molecule has 0 bridgehead atoms. The number of carbonyl (C=O) groups excluding carboxylic acids is 1. The number of aryl methyl sites for hydroxylation is 2. The van der Waals surface area contributed by atoms with E-state index >= 15 is 0 Å². The lowest BCUT2D eigenvalue weighted by Gasteiger charge is -2.22. The first-order valence-electron chi connectivity index (χ1n) is 9.87. The first-order valence-corrected chi connectivity index (χ1v) is 12.9. The van der Waals surface area contributed by atoms with Crippen molar-refractivity contribution in [3.63, 3.8) is 0 Å². The third-order valence-electron chi connectivity index (χ3n) is 5.32. The number of Topliss-reactive ketones (excluding diaryl/α,β-unsaturated/α-hetero) is 1. The van der Waals surface area contributed by atoms with Crippen LogP contribution < -0.4 is 0 Å². The minimum absolute atomic E-state index is 0.0811. The molecule has 0 saturated carbocycles. The van der Waals surface area contributed by atoms with Crippen molar-refractivity contribution in [2.75, 3.05) is 6.54 Å². The van der Waals surface area contributed by atoms with E-state index in [1.807, 2.05) is 29.8 Å².